The van der Waals surface area contributed by atoms with Gasteiger partial charge in [0.25, 0.3) is 5.89 Å². The topological polar surface area (TPSA) is 51.0 Å². The van der Waals surface area contributed by atoms with Crippen LogP contribution in [0.25, 0.3) is 11.5 Å². The highest BCUT2D eigenvalue weighted by Crippen LogP contribution is 2.39. The molecule has 1 aliphatic rings. The standard InChI is InChI=1S/C16H21N3O/c1-11-17-15(20-19-11)13-6-4-5-7-14(13)18-12-8-9-16(2,3)10-12/h4-7,12,18H,8-10H2,1-3H3. The fourth-order valence-corrected chi connectivity index (χ4v) is 2.98. The molecule has 4 heteroatoms. The second-order valence-electron chi connectivity index (χ2n) is 6.44. The van der Waals surface area contributed by atoms with E-state index in [1.54, 1.807) is 0 Å². The molecule has 0 bridgehead atoms. The van der Waals surface area contributed by atoms with Crippen LogP contribution < -0.4 is 5.32 Å². The molecule has 1 unspecified atom stereocenters. The van der Waals surface area contributed by atoms with E-state index in [0.717, 1.165) is 11.3 Å². The van der Waals surface area contributed by atoms with Crippen molar-refractivity contribution in [3.05, 3.63) is 30.1 Å². The van der Waals surface area contributed by atoms with Crippen molar-refractivity contribution in [3.63, 3.8) is 0 Å². The molecule has 2 aromatic rings. The first-order valence-corrected chi connectivity index (χ1v) is 7.20. The zero-order valence-electron chi connectivity index (χ0n) is 12.3. The number of aromatic nitrogens is 2. The van der Waals surface area contributed by atoms with Crippen molar-refractivity contribution in [1.29, 1.82) is 0 Å². The second-order valence-corrected chi connectivity index (χ2v) is 6.44. The molecule has 106 valence electrons. The third-order valence-corrected chi connectivity index (χ3v) is 4.01. The minimum atomic E-state index is 0.438. The summed E-state index contributed by atoms with van der Waals surface area (Å²) in [5.41, 5.74) is 2.50. The van der Waals surface area contributed by atoms with Gasteiger partial charge in [0.15, 0.2) is 5.82 Å². The predicted molar refractivity (Wildman–Crippen MR) is 79.5 cm³/mol. The highest BCUT2D eigenvalue weighted by Gasteiger charge is 2.31. The van der Waals surface area contributed by atoms with Crippen molar-refractivity contribution in [2.45, 2.75) is 46.1 Å². The van der Waals surface area contributed by atoms with Crippen molar-refractivity contribution in [2.75, 3.05) is 5.32 Å². The van der Waals surface area contributed by atoms with Crippen LogP contribution in [0.5, 0.6) is 0 Å². The number of hydrogen-bond donors (Lipinski definition) is 1. The van der Waals surface area contributed by atoms with E-state index in [0.29, 0.717) is 23.2 Å². The van der Waals surface area contributed by atoms with Crippen molar-refractivity contribution >= 4 is 5.69 Å². The molecule has 1 atom stereocenters. The summed E-state index contributed by atoms with van der Waals surface area (Å²) in [5, 5.41) is 7.52. The van der Waals surface area contributed by atoms with Crippen molar-refractivity contribution in [2.24, 2.45) is 5.41 Å². The van der Waals surface area contributed by atoms with Gasteiger partial charge in [-0.05, 0) is 43.7 Å². The van der Waals surface area contributed by atoms with E-state index in [2.05, 4.69) is 35.4 Å². The van der Waals surface area contributed by atoms with Crippen LogP contribution in [0.3, 0.4) is 0 Å². The van der Waals surface area contributed by atoms with Crippen LogP contribution >= 0.6 is 0 Å². The summed E-state index contributed by atoms with van der Waals surface area (Å²) in [5.74, 6) is 1.25. The molecule has 1 aromatic heterocycles. The minimum absolute atomic E-state index is 0.438. The van der Waals surface area contributed by atoms with Crippen LogP contribution in [-0.2, 0) is 0 Å². The first-order valence-electron chi connectivity index (χ1n) is 7.20. The zero-order valence-corrected chi connectivity index (χ0v) is 12.3. The molecule has 1 aliphatic carbocycles. The Hall–Kier alpha value is -1.84. The van der Waals surface area contributed by atoms with Gasteiger partial charge in [-0.1, -0.05) is 31.1 Å². The Morgan fingerprint density at radius 1 is 1.30 bits per heavy atom. The Balaban J connectivity index is 1.84. The van der Waals surface area contributed by atoms with Crippen LogP contribution in [0.2, 0.25) is 0 Å². The molecule has 0 radical (unpaired) electrons. The molecule has 1 fully saturated rings. The van der Waals surface area contributed by atoms with E-state index in [4.69, 9.17) is 4.52 Å². The van der Waals surface area contributed by atoms with Gasteiger partial charge in [0.2, 0.25) is 0 Å². The third kappa shape index (κ3) is 2.69. The summed E-state index contributed by atoms with van der Waals surface area (Å²) in [6.07, 6.45) is 3.68. The number of nitrogens with zero attached hydrogens (tertiary/aromatic N) is 2. The zero-order chi connectivity index (χ0) is 14.2. The first-order chi connectivity index (χ1) is 9.53. The van der Waals surface area contributed by atoms with Crippen LogP contribution in [0.15, 0.2) is 28.8 Å². The summed E-state index contributed by atoms with van der Waals surface area (Å²) >= 11 is 0. The second kappa shape index (κ2) is 4.93. The molecule has 0 saturated heterocycles. The van der Waals surface area contributed by atoms with Gasteiger partial charge in [-0.2, -0.15) is 4.98 Å². The molecule has 1 N–H and O–H groups in total. The normalized spacial score (nSPS) is 21.1. The molecule has 0 spiro atoms. The Labute approximate surface area is 119 Å². The largest absolute Gasteiger partial charge is 0.382 e. The first kappa shape index (κ1) is 13.2. The van der Waals surface area contributed by atoms with Crippen molar-refractivity contribution in [3.8, 4) is 11.5 Å². The number of aryl methyl sites for hydroxylation is 1. The highest BCUT2D eigenvalue weighted by molar-refractivity contribution is 5.72. The SMILES string of the molecule is Cc1noc(-c2ccccc2NC2CCC(C)(C)C2)n1. The fraction of sp³-hybridized carbons (Fsp3) is 0.500. The van der Waals surface area contributed by atoms with Gasteiger partial charge < -0.3 is 9.84 Å². The number of para-hydroxylation sites is 1. The maximum absolute atomic E-state index is 5.30. The van der Waals surface area contributed by atoms with Gasteiger partial charge in [-0.25, -0.2) is 0 Å². The Morgan fingerprint density at radius 3 is 2.75 bits per heavy atom. The molecule has 0 amide bonds. The maximum Gasteiger partial charge on any atom is 0.260 e. The van der Waals surface area contributed by atoms with Gasteiger partial charge in [0, 0.05) is 11.7 Å². The number of hydrogen-bond acceptors (Lipinski definition) is 4. The van der Waals surface area contributed by atoms with Gasteiger partial charge in [-0.15, -0.1) is 0 Å². The summed E-state index contributed by atoms with van der Waals surface area (Å²) in [6.45, 7) is 6.51. The third-order valence-electron chi connectivity index (χ3n) is 4.01. The van der Waals surface area contributed by atoms with Crippen LogP contribution in [0, 0.1) is 12.3 Å². The molecule has 20 heavy (non-hydrogen) atoms. The quantitative estimate of drug-likeness (QED) is 0.915. The van der Waals surface area contributed by atoms with Gasteiger partial charge in [0.1, 0.15) is 0 Å². The molecular weight excluding hydrogens is 250 g/mol. The number of benzene rings is 1. The molecule has 1 aromatic carbocycles. The summed E-state index contributed by atoms with van der Waals surface area (Å²) < 4.78 is 5.30. The summed E-state index contributed by atoms with van der Waals surface area (Å²) in [7, 11) is 0. The van der Waals surface area contributed by atoms with Crippen LogP contribution in [0.1, 0.15) is 38.9 Å². The van der Waals surface area contributed by atoms with E-state index in [1.165, 1.54) is 19.3 Å². The van der Waals surface area contributed by atoms with Crippen LogP contribution in [0.4, 0.5) is 5.69 Å². The summed E-state index contributed by atoms with van der Waals surface area (Å²) in [4.78, 5) is 4.33. The lowest BCUT2D eigenvalue weighted by molar-refractivity contribution is 0.378. The minimum Gasteiger partial charge on any atom is -0.382 e. The molecule has 4 nitrogen and oxygen atoms in total. The average Bonchev–Trinajstić information content (AvgIpc) is 2.96. The molecular formula is C16H21N3O. The van der Waals surface area contributed by atoms with Gasteiger partial charge in [0.05, 0.1) is 5.56 Å². The average molecular weight is 271 g/mol. The van der Waals surface area contributed by atoms with E-state index in [9.17, 15) is 0 Å². The predicted octanol–water partition coefficient (Wildman–Crippen LogP) is 4.04. The lowest BCUT2D eigenvalue weighted by atomic mass is 9.92. The number of nitrogens with one attached hydrogen (secondary N) is 1. The van der Waals surface area contributed by atoms with Gasteiger partial charge >= 0.3 is 0 Å². The van der Waals surface area contributed by atoms with E-state index in [-0.39, 0.29) is 0 Å². The molecule has 0 aliphatic heterocycles. The monoisotopic (exact) mass is 271 g/mol. The lowest BCUT2D eigenvalue weighted by Crippen LogP contribution is -2.18. The van der Waals surface area contributed by atoms with E-state index in [1.807, 2.05) is 25.1 Å². The highest BCUT2D eigenvalue weighted by atomic mass is 16.5. The van der Waals surface area contributed by atoms with Crippen molar-refractivity contribution in [1.82, 2.24) is 10.1 Å². The molecule has 1 heterocycles. The Bertz CT molecular complexity index is 603. The maximum atomic E-state index is 5.30. The Kier molecular flexibility index (Phi) is 3.24. The van der Waals surface area contributed by atoms with Gasteiger partial charge in [-0.3, -0.25) is 0 Å². The number of rotatable bonds is 3. The van der Waals surface area contributed by atoms with Crippen molar-refractivity contribution < 1.29 is 4.52 Å². The summed E-state index contributed by atoms with van der Waals surface area (Å²) in [6, 6.07) is 8.67. The van der Waals surface area contributed by atoms with Crippen LogP contribution in [-0.4, -0.2) is 16.2 Å². The van der Waals surface area contributed by atoms with E-state index < -0.39 is 0 Å². The molecule has 3 rings (SSSR count). The fourth-order valence-electron chi connectivity index (χ4n) is 2.98. The van der Waals surface area contributed by atoms with E-state index >= 15 is 0 Å². The molecule has 1 saturated carbocycles. The Morgan fingerprint density at radius 2 is 2.10 bits per heavy atom. The number of anilines is 1. The lowest BCUT2D eigenvalue weighted by Gasteiger charge is -2.19. The smallest absolute Gasteiger partial charge is 0.260 e.